The van der Waals surface area contributed by atoms with E-state index in [0.717, 1.165) is 17.5 Å². The monoisotopic (exact) mass is 228 g/mol. The summed E-state index contributed by atoms with van der Waals surface area (Å²) in [6.45, 7) is 7.66. The molecule has 0 saturated carbocycles. The lowest BCUT2D eigenvalue weighted by atomic mass is 10.1. The number of aromatic nitrogens is 3. The highest BCUT2D eigenvalue weighted by atomic mass is 32.2. The molecule has 0 amide bonds. The van der Waals surface area contributed by atoms with Crippen molar-refractivity contribution < 1.29 is 0 Å². The Balaban J connectivity index is 1.94. The first kappa shape index (κ1) is 12.5. The molecular weight excluding hydrogens is 208 g/mol. The summed E-state index contributed by atoms with van der Waals surface area (Å²) in [7, 11) is 0. The number of hydrogen-bond donors (Lipinski definition) is 2. The van der Waals surface area contributed by atoms with Gasteiger partial charge in [0.25, 0.3) is 0 Å². The maximum Gasteiger partial charge on any atom is 0.183 e. The summed E-state index contributed by atoms with van der Waals surface area (Å²) in [5.41, 5.74) is 0.234. The van der Waals surface area contributed by atoms with Crippen molar-refractivity contribution in [3.8, 4) is 0 Å². The smallest absolute Gasteiger partial charge is 0.183 e. The summed E-state index contributed by atoms with van der Waals surface area (Å²) < 4.78 is 0. The molecule has 0 aliphatic carbocycles. The summed E-state index contributed by atoms with van der Waals surface area (Å²) in [6, 6.07) is 0. The molecule has 1 aromatic heterocycles. The first-order valence-electron chi connectivity index (χ1n) is 5.31. The normalized spacial score (nSPS) is 11.9. The Kier molecular flexibility index (Phi) is 5.11. The molecule has 0 aliphatic rings. The van der Waals surface area contributed by atoms with Crippen LogP contribution in [0.4, 0.5) is 0 Å². The number of nitrogens with zero attached hydrogens (tertiary/aromatic N) is 2. The second-order valence-electron chi connectivity index (χ2n) is 4.52. The Bertz CT molecular complexity index is 253. The van der Waals surface area contributed by atoms with Crippen LogP contribution in [-0.2, 0) is 0 Å². The van der Waals surface area contributed by atoms with Crippen LogP contribution < -0.4 is 5.32 Å². The molecule has 0 aromatic carbocycles. The van der Waals surface area contributed by atoms with Crippen molar-refractivity contribution in [1.82, 2.24) is 20.5 Å². The molecule has 0 unspecified atom stereocenters. The average Bonchev–Trinajstić information content (AvgIpc) is 2.61. The van der Waals surface area contributed by atoms with E-state index in [1.54, 1.807) is 18.1 Å². The van der Waals surface area contributed by atoms with E-state index in [1.807, 2.05) is 0 Å². The number of aromatic amines is 1. The lowest BCUT2D eigenvalue weighted by molar-refractivity contribution is 0.421. The van der Waals surface area contributed by atoms with Gasteiger partial charge in [-0.25, -0.2) is 4.98 Å². The van der Waals surface area contributed by atoms with Crippen molar-refractivity contribution in [2.75, 3.05) is 12.3 Å². The summed E-state index contributed by atoms with van der Waals surface area (Å²) in [5, 5.41) is 11.0. The van der Waals surface area contributed by atoms with Crippen molar-refractivity contribution in [1.29, 1.82) is 0 Å². The molecule has 0 bridgehead atoms. The van der Waals surface area contributed by atoms with E-state index in [0.29, 0.717) is 0 Å². The third kappa shape index (κ3) is 6.52. The first-order valence-corrected chi connectivity index (χ1v) is 6.30. The van der Waals surface area contributed by atoms with Gasteiger partial charge in [-0.15, -0.1) is 0 Å². The molecule has 15 heavy (non-hydrogen) atoms. The third-order valence-electron chi connectivity index (χ3n) is 1.86. The minimum atomic E-state index is 0.234. The zero-order valence-corrected chi connectivity index (χ0v) is 10.5. The van der Waals surface area contributed by atoms with E-state index in [1.165, 1.54) is 12.8 Å². The van der Waals surface area contributed by atoms with Crippen molar-refractivity contribution >= 4 is 11.8 Å². The molecule has 0 aliphatic heterocycles. The highest BCUT2D eigenvalue weighted by molar-refractivity contribution is 7.99. The molecule has 4 nitrogen and oxygen atoms in total. The molecular formula is C10H20N4S. The van der Waals surface area contributed by atoms with E-state index in [-0.39, 0.29) is 5.54 Å². The van der Waals surface area contributed by atoms with E-state index in [2.05, 4.69) is 41.3 Å². The summed E-state index contributed by atoms with van der Waals surface area (Å²) >= 11 is 1.73. The van der Waals surface area contributed by atoms with Crippen molar-refractivity contribution in [3.05, 3.63) is 6.33 Å². The van der Waals surface area contributed by atoms with Gasteiger partial charge in [0.15, 0.2) is 5.16 Å². The van der Waals surface area contributed by atoms with Gasteiger partial charge in [-0.05, 0) is 40.2 Å². The Labute approximate surface area is 95.6 Å². The van der Waals surface area contributed by atoms with Crippen LogP contribution in [0, 0.1) is 0 Å². The molecule has 0 fully saturated rings. The topological polar surface area (TPSA) is 53.6 Å². The summed E-state index contributed by atoms with van der Waals surface area (Å²) in [5.74, 6) is 1.10. The van der Waals surface area contributed by atoms with Crippen LogP contribution in [0.3, 0.4) is 0 Å². The zero-order valence-electron chi connectivity index (χ0n) is 9.71. The molecule has 0 radical (unpaired) electrons. The van der Waals surface area contributed by atoms with Gasteiger partial charge >= 0.3 is 0 Å². The maximum absolute atomic E-state index is 4.05. The van der Waals surface area contributed by atoms with E-state index < -0.39 is 0 Å². The number of unbranched alkanes of at least 4 members (excludes halogenated alkanes) is 1. The number of thioether (sulfide) groups is 1. The maximum atomic E-state index is 4.05. The van der Waals surface area contributed by atoms with E-state index >= 15 is 0 Å². The lowest BCUT2D eigenvalue weighted by Crippen LogP contribution is -2.36. The Morgan fingerprint density at radius 3 is 2.80 bits per heavy atom. The molecule has 1 aromatic rings. The minimum absolute atomic E-state index is 0.234. The fraction of sp³-hybridized carbons (Fsp3) is 0.800. The van der Waals surface area contributed by atoms with Crippen LogP contribution in [0.2, 0.25) is 0 Å². The van der Waals surface area contributed by atoms with Gasteiger partial charge in [0.2, 0.25) is 0 Å². The van der Waals surface area contributed by atoms with Gasteiger partial charge in [0.05, 0.1) is 0 Å². The second kappa shape index (κ2) is 6.12. The van der Waals surface area contributed by atoms with Gasteiger partial charge in [-0.3, -0.25) is 5.10 Å². The van der Waals surface area contributed by atoms with Gasteiger partial charge in [0, 0.05) is 11.3 Å². The van der Waals surface area contributed by atoms with Gasteiger partial charge in [-0.1, -0.05) is 11.8 Å². The van der Waals surface area contributed by atoms with Crippen LogP contribution >= 0.6 is 11.8 Å². The summed E-state index contributed by atoms with van der Waals surface area (Å²) in [6.07, 6.45) is 3.95. The average molecular weight is 228 g/mol. The Morgan fingerprint density at radius 1 is 1.40 bits per heavy atom. The SMILES string of the molecule is CC(C)(C)NCCCCSc1ncn[nH]1. The number of hydrogen-bond acceptors (Lipinski definition) is 4. The van der Waals surface area contributed by atoms with Crippen molar-refractivity contribution in [3.63, 3.8) is 0 Å². The second-order valence-corrected chi connectivity index (χ2v) is 5.61. The van der Waals surface area contributed by atoms with Gasteiger partial charge in [-0.2, -0.15) is 5.10 Å². The van der Waals surface area contributed by atoms with Gasteiger partial charge in [0.1, 0.15) is 6.33 Å². The van der Waals surface area contributed by atoms with E-state index in [4.69, 9.17) is 0 Å². The quantitative estimate of drug-likeness (QED) is 0.578. The molecule has 0 saturated heterocycles. The fourth-order valence-electron chi connectivity index (χ4n) is 1.12. The minimum Gasteiger partial charge on any atom is -0.312 e. The molecule has 1 heterocycles. The number of H-pyrrole nitrogens is 1. The molecule has 2 N–H and O–H groups in total. The molecule has 1 rings (SSSR count). The van der Waals surface area contributed by atoms with Crippen LogP contribution in [0.15, 0.2) is 11.5 Å². The van der Waals surface area contributed by atoms with E-state index in [9.17, 15) is 0 Å². The predicted molar refractivity (Wildman–Crippen MR) is 64.1 cm³/mol. The largest absolute Gasteiger partial charge is 0.312 e. The lowest BCUT2D eigenvalue weighted by Gasteiger charge is -2.20. The third-order valence-corrected chi connectivity index (χ3v) is 2.82. The number of rotatable bonds is 6. The van der Waals surface area contributed by atoms with Crippen molar-refractivity contribution in [2.45, 2.75) is 44.3 Å². The van der Waals surface area contributed by atoms with Crippen LogP contribution in [0.25, 0.3) is 0 Å². The standard InChI is InChI=1S/C10H20N4S/c1-10(2,3)12-6-4-5-7-15-9-11-8-13-14-9/h8,12H,4-7H2,1-3H3,(H,11,13,14). The van der Waals surface area contributed by atoms with Crippen LogP contribution in [0.1, 0.15) is 33.6 Å². The highest BCUT2D eigenvalue weighted by Crippen LogP contribution is 2.12. The van der Waals surface area contributed by atoms with Crippen molar-refractivity contribution in [2.24, 2.45) is 0 Å². The number of nitrogens with one attached hydrogen (secondary N) is 2. The zero-order chi connectivity index (χ0) is 11.1. The first-order chi connectivity index (χ1) is 7.08. The predicted octanol–water partition coefficient (Wildman–Crippen LogP) is 2.07. The molecule has 0 atom stereocenters. The molecule has 5 heteroatoms. The fourth-order valence-corrected chi connectivity index (χ4v) is 1.90. The van der Waals surface area contributed by atoms with Gasteiger partial charge < -0.3 is 5.32 Å². The molecule has 0 spiro atoms. The summed E-state index contributed by atoms with van der Waals surface area (Å²) in [4.78, 5) is 4.05. The Morgan fingerprint density at radius 2 is 2.20 bits per heavy atom. The highest BCUT2D eigenvalue weighted by Gasteiger charge is 2.06. The Hall–Kier alpha value is -0.550. The van der Waals surface area contributed by atoms with Crippen LogP contribution in [-0.4, -0.2) is 33.0 Å². The van der Waals surface area contributed by atoms with Crippen LogP contribution in [0.5, 0.6) is 0 Å². The molecule has 86 valence electrons.